The molecule has 0 radical (unpaired) electrons. The number of fused-ring (bicyclic) bond motifs is 1. The smallest absolute Gasteiger partial charge is 0.0702 e. The molecule has 1 saturated heterocycles. The van der Waals surface area contributed by atoms with Gasteiger partial charge in [-0.25, -0.2) is 0 Å². The topological polar surface area (TPSA) is 24.9 Å². The van der Waals surface area contributed by atoms with E-state index in [0.29, 0.717) is 5.92 Å². The fraction of sp³-hybridized carbons (Fsp3) is 0.438. The SMILES string of the molecule is CC(C)C1(c2ccc3ncccc3c2)CCCN1. The van der Waals surface area contributed by atoms with Gasteiger partial charge in [-0.3, -0.25) is 4.98 Å². The van der Waals surface area contributed by atoms with Crippen molar-refractivity contribution in [2.24, 2.45) is 5.92 Å². The maximum Gasteiger partial charge on any atom is 0.0702 e. The second-order valence-corrected chi connectivity index (χ2v) is 5.57. The van der Waals surface area contributed by atoms with Crippen molar-refractivity contribution >= 4 is 10.9 Å². The Labute approximate surface area is 108 Å². The van der Waals surface area contributed by atoms with E-state index in [2.05, 4.69) is 48.4 Å². The molecule has 2 aromatic rings. The van der Waals surface area contributed by atoms with E-state index in [1.165, 1.54) is 23.8 Å². The van der Waals surface area contributed by atoms with E-state index in [-0.39, 0.29) is 5.54 Å². The Morgan fingerprint density at radius 2 is 2.17 bits per heavy atom. The first kappa shape index (κ1) is 11.7. The lowest BCUT2D eigenvalue weighted by Gasteiger charge is -2.34. The minimum absolute atomic E-state index is 0.157. The van der Waals surface area contributed by atoms with Gasteiger partial charge in [-0.1, -0.05) is 26.0 Å². The molecule has 1 aromatic heterocycles. The summed E-state index contributed by atoms with van der Waals surface area (Å²) in [7, 11) is 0. The summed E-state index contributed by atoms with van der Waals surface area (Å²) in [6.07, 6.45) is 4.35. The molecule has 0 aliphatic carbocycles. The third-order valence-corrected chi connectivity index (χ3v) is 4.29. The highest BCUT2D eigenvalue weighted by atomic mass is 15.0. The molecule has 2 heterocycles. The summed E-state index contributed by atoms with van der Waals surface area (Å²) in [5.41, 5.74) is 2.65. The Morgan fingerprint density at radius 3 is 2.89 bits per heavy atom. The standard InChI is InChI=1S/C16H20N2/c1-12(2)16(8-4-10-18-16)14-6-7-15-13(11-14)5-3-9-17-15/h3,5-7,9,11-12,18H,4,8,10H2,1-2H3. The summed E-state index contributed by atoms with van der Waals surface area (Å²) in [6.45, 7) is 5.75. The van der Waals surface area contributed by atoms with Crippen LogP contribution < -0.4 is 5.32 Å². The van der Waals surface area contributed by atoms with Gasteiger partial charge < -0.3 is 5.32 Å². The van der Waals surface area contributed by atoms with E-state index in [9.17, 15) is 0 Å². The van der Waals surface area contributed by atoms with Crippen LogP contribution in [0, 0.1) is 5.92 Å². The molecule has 0 amide bonds. The van der Waals surface area contributed by atoms with Crippen molar-refractivity contribution in [1.29, 1.82) is 0 Å². The lowest BCUT2D eigenvalue weighted by molar-refractivity contribution is 0.277. The average Bonchev–Trinajstić information content (AvgIpc) is 2.89. The van der Waals surface area contributed by atoms with E-state index in [0.717, 1.165) is 12.1 Å². The maximum atomic E-state index is 4.40. The maximum absolute atomic E-state index is 4.40. The van der Waals surface area contributed by atoms with Crippen LogP contribution in [0.3, 0.4) is 0 Å². The number of hydrogen-bond acceptors (Lipinski definition) is 2. The van der Waals surface area contributed by atoms with Crippen LogP contribution in [0.4, 0.5) is 0 Å². The Morgan fingerprint density at radius 1 is 1.28 bits per heavy atom. The summed E-state index contributed by atoms with van der Waals surface area (Å²) in [4.78, 5) is 4.40. The third kappa shape index (κ3) is 1.72. The lowest BCUT2D eigenvalue weighted by Crippen LogP contribution is -2.41. The molecule has 2 nitrogen and oxygen atoms in total. The molecule has 1 unspecified atom stereocenters. The van der Waals surface area contributed by atoms with Crippen LogP contribution in [0.15, 0.2) is 36.5 Å². The molecule has 0 bridgehead atoms. The first-order chi connectivity index (χ1) is 8.72. The van der Waals surface area contributed by atoms with Crippen LogP contribution in [-0.4, -0.2) is 11.5 Å². The van der Waals surface area contributed by atoms with Gasteiger partial charge in [-0.05, 0) is 49.1 Å². The number of pyridine rings is 1. The average molecular weight is 240 g/mol. The van der Waals surface area contributed by atoms with Crippen LogP contribution in [-0.2, 0) is 5.54 Å². The van der Waals surface area contributed by atoms with Crippen LogP contribution in [0.5, 0.6) is 0 Å². The van der Waals surface area contributed by atoms with Gasteiger partial charge in [0, 0.05) is 17.1 Å². The number of benzene rings is 1. The second kappa shape index (κ2) is 4.36. The Balaban J connectivity index is 2.12. The molecule has 1 aliphatic rings. The van der Waals surface area contributed by atoms with E-state index >= 15 is 0 Å². The largest absolute Gasteiger partial charge is 0.307 e. The van der Waals surface area contributed by atoms with E-state index in [1.807, 2.05) is 12.3 Å². The minimum Gasteiger partial charge on any atom is -0.307 e. The lowest BCUT2D eigenvalue weighted by atomic mass is 9.78. The number of nitrogens with one attached hydrogen (secondary N) is 1. The van der Waals surface area contributed by atoms with E-state index < -0.39 is 0 Å². The molecule has 1 N–H and O–H groups in total. The van der Waals surface area contributed by atoms with Crippen molar-refractivity contribution in [1.82, 2.24) is 10.3 Å². The van der Waals surface area contributed by atoms with Gasteiger partial charge in [0.25, 0.3) is 0 Å². The first-order valence-corrected chi connectivity index (χ1v) is 6.83. The molecule has 1 atom stereocenters. The highest BCUT2D eigenvalue weighted by molar-refractivity contribution is 5.79. The molecule has 2 heteroatoms. The summed E-state index contributed by atoms with van der Waals surface area (Å²) >= 11 is 0. The van der Waals surface area contributed by atoms with E-state index in [1.54, 1.807) is 0 Å². The highest BCUT2D eigenvalue weighted by Gasteiger charge is 2.38. The molecule has 94 valence electrons. The van der Waals surface area contributed by atoms with Crippen molar-refractivity contribution in [3.63, 3.8) is 0 Å². The first-order valence-electron chi connectivity index (χ1n) is 6.83. The van der Waals surface area contributed by atoms with Gasteiger partial charge >= 0.3 is 0 Å². The third-order valence-electron chi connectivity index (χ3n) is 4.29. The van der Waals surface area contributed by atoms with Crippen LogP contribution >= 0.6 is 0 Å². The van der Waals surface area contributed by atoms with Crippen LogP contribution in [0.1, 0.15) is 32.3 Å². The zero-order valence-corrected chi connectivity index (χ0v) is 11.1. The Bertz CT molecular complexity index is 554. The minimum atomic E-state index is 0.157. The molecule has 1 aromatic carbocycles. The molecule has 0 saturated carbocycles. The summed E-state index contributed by atoms with van der Waals surface area (Å²) in [5, 5.41) is 4.97. The highest BCUT2D eigenvalue weighted by Crippen LogP contribution is 2.38. The summed E-state index contributed by atoms with van der Waals surface area (Å²) in [5.74, 6) is 0.606. The fourth-order valence-corrected chi connectivity index (χ4v) is 3.19. The normalized spacial score (nSPS) is 23.9. The molecular weight excluding hydrogens is 220 g/mol. The Kier molecular flexibility index (Phi) is 2.83. The quantitative estimate of drug-likeness (QED) is 0.869. The van der Waals surface area contributed by atoms with Gasteiger partial charge in [0.05, 0.1) is 5.52 Å². The zero-order valence-electron chi connectivity index (χ0n) is 11.1. The number of nitrogens with zero attached hydrogens (tertiary/aromatic N) is 1. The molecule has 1 aliphatic heterocycles. The molecule has 18 heavy (non-hydrogen) atoms. The van der Waals surface area contributed by atoms with Crippen molar-refractivity contribution in [2.75, 3.05) is 6.54 Å². The predicted octanol–water partition coefficient (Wildman–Crippen LogP) is 3.47. The predicted molar refractivity (Wildman–Crippen MR) is 75.5 cm³/mol. The summed E-state index contributed by atoms with van der Waals surface area (Å²) < 4.78 is 0. The zero-order chi connectivity index (χ0) is 12.6. The van der Waals surface area contributed by atoms with Gasteiger partial charge in [-0.15, -0.1) is 0 Å². The number of hydrogen-bond donors (Lipinski definition) is 1. The van der Waals surface area contributed by atoms with Gasteiger partial charge in [0.1, 0.15) is 0 Å². The van der Waals surface area contributed by atoms with Crippen molar-refractivity contribution in [2.45, 2.75) is 32.2 Å². The Hall–Kier alpha value is -1.41. The molecule has 3 rings (SSSR count). The monoisotopic (exact) mass is 240 g/mol. The van der Waals surface area contributed by atoms with Crippen LogP contribution in [0.2, 0.25) is 0 Å². The molecule has 0 spiro atoms. The van der Waals surface area contributed by atoms with Crippen molar-refractivity contribution in [3.05, 3.63) is 42.1 Å². The van der Waals surface area contributed by atoms with Crippen molar-refractivity contribution < 1.29 is 0 Å². The molecular formula is C16H20N2. The van der Waals surface area contributed by atoms with Crippen molar-refractivity contribution in [3.8, 4) is 0 Å². The summed E-state index contributed by atoms with van der Waals surface area (Å²) in [6, 6.07) is 10.9. The number of rotatable bonds is 2. The second-order valence-electron chi connectivity index (χ2n) is 5.57. The van der Waals surface area contributed by atoms with Gasteiger partial charge in [0.15, 0.2) is 0 Å². The van der Waals surface area contributed by atoms with E-state index in [4.69, 9.17) is 0 Å². The van der Waals surface area contributed by atoms with Crippen LogP contribution in [0.25, 0.3) is 10.9 Å². The van der Waals surface area contributed by atoms with Gasteiger partial charge in [-0.2, -0.15) is 0 Å². The van der Waals surface area contributed by atoms with Gasteiger partial charge in [0.2, 0.25) is 0 Å². The number of aromatic nitrogens is 1. The molecule has 1 fully saturated rings. The fourth-order valence-electron chi connectivity index (χ4n) is 3.19.